The summed E-state index contributed by atoms with van der Waals surface area (Å²) in [6.07, 6.45) is 0.856. The van der Waals surface area contributed by atoms with Gasteiger partial charge < -0.3 is 10.6 Å². The number of hydrogen-bond acceptors (Lipinski definition) is 5. The summed E-state index contributed by atoms with van der Waals surface area (Å²) < 4.78 is 26.6. The van der Waals surface area contributed by atoms with E-state index in [1.165, 1.54) is 22.5 Å². The van der Waals surface area contributed by atoms with Crippen LogP contribution in [0.3, 0.4) is 0 Å². The van der Waals surface area contributed by atoms with Crippen molar-refractivity contribution in [3.8, 4) is 0 Å². The van der Waals surface area contributed by atoms with Gasteiger partial charge in [0.05, 0.1) is 4.90 Å². The van der Waals surface area contributed by atoms with Gasteiger partial charge in [0.25, 0.3) is 5.91 Å². The van der Waals surface area contributed by atoms with E-state index in [1.807, 2.05) is 0 Å². The largest absolute Gasteiger partial charge is 0.325 e. The van der Waals surface area contributed by atoms with Crippen LogP contribution in [0.25, 0.3) is 0 Å². The number of benzene rings is 1. The van der Waals surface area contributed by atoms with Gasteiger partial charge in [-0.2, -0.15) is 4.31 Å². The van der Waals surface area contributed by atoms with Gasteiger partial charge in [0.2, 0.25) is 15.9 Å². The number of imide groups is 1. The van der Waals surface area contributed by atoms with E-state index in [4.69, 9.17) is 0 Å². The molecule has 9 nitrogen and oxygen atoms in total. The molecule has 2 rings (SSSR count). The highest BCUT2D eigenvalue weighted by atomic mass is 32.2. The molecule has 10 heteroatoms. The molecule has 0 radical (unpaired) electrons. The molecular formula is C19H28N4O5S. The SMILES string of the molecule is CCN(CC)S(=O)(=O)c1cccc(NC(=O)CN2C(=O)NC(CC)(CC)C2=O)c1. The van der Waals surface area contributed by atoms with E-state index < -0.39 is 40.0 Å². The fourth-order valence-electron chi connectivity index (χ4n) is 3.34. The van der Waals surface area contributed by atoms with Crippen molar-refractivity contribution in [2.45, 2.75) is 51.0 Å². The molecule has 1 aliphatic rings. The maximum Gasteiger partial charge on any atom is 0.325 e. The minimum Gasteiger partial charge on any atom is -0.324 e. The second kappa shape index (κ2) is 8.91. The van der Waals surface area contributed by atoms with E-state index in [2.05, 4.69) is 10.6 Å². The number of carbonyl (C=O) groups excluding carboxylic acids is 3. The summed E-state index contributed by atoms with van der Waals surface area (Å²) in [6.45, 7) is 7.31. The third-order valence-electron chi connectivity index (χ3n) is 5.22. The minimum absolute atomic E-state index is 0.0602. The molecule has 1 aromatic carbocycles. The number of anilines is 1. The third kappa shape index (κ3) is 4.43. The quantitative estimate of drug-likeness (QED) is 0.586. The third-order valence-corrected chi connectivity index (χ3v) is 7.26. The topological polar surface area (TPSA) is 116 Å². The summed E-state index contributed by atoms with van der Waals surface area (Å²) in [6, 6.07) is 5.29. The Morgan fingerprint density at radius 1 is 1.14 bits per heavy atom. The Balaban J connectivity index is 2.15. The predicted molar refractivity (Wildman–Crippen MR) is 109 cm³/mol. The van der Waals surface area contributed by atoms with Crippen LogP contribution in [-0.2, 0) is 19.6 Å². The van der Waals surface area contributed by atoms with Crippen molar-refractivity contribution in [3.63, 3.8) is 0 Å². The molecule has 0 aliphatic carbocycles. The van der Waals surface area contributed by atoms with Crippen molar-refractivity contribution in [2.75, 3.05) is 25.0 Å². The van der Waals surface area contributed by atoms with Gasteiger partial charge in [-0.1, -0.05) is 33.8 Å². The zero-order chi connectivity index (χ0) is 21.8. The normalized spacial score (nSPS) is 16.2. The van der Waals surface area contributed by atoms with Gasteiger partial charge in [0.15, 0.2) is 0 Å². The molecule has 0 unspecified atom stereocenters. The van der Waals surface area contributed by atoms with Crippen molar-refractivity contribution >= 4 is 33.6 Å². The second-order valence-corrected chi connectivity index (χ2v) is 8.71. The van der Waals surface area contributed by atoms with E-state index in [1.54, 1.807) is 33.8 Å². The number of hydrogen-bond donors (Lipinski definition) is 2. The lowest BCUT2D eigenvalue weighted by molar-refractivity contribution is -0.134. The number of amides is 4. The summed E-state index contributed by atoms with van der Waals surface area (Å²) in [5, 5.41) is 5.23. The molecular weight excluding hydrogens is 396 g/mol. The van der Waals surface area contributed by atoms with Crippen LogP contribution in [0, 0.1) is 0 Å². The Kier molecular flexibility index (Phi) is 7.02. The van der Waals surface area contributed by atoms with Crippen LogP contribution >= 0.6 is 0 Å². The maximum atomic E-state index is 12.6. The Bertz CT molecular complexity index is 892. The summed E-state index contributed by atoms with van der Waals surface area (Å²) in [5.41, 5.74) is -0.706. The molecule has 29 heavy (non-hydrogen) atoms. The zero-order valence-corrected chi connectivity index (χ0v) is 18.0. The number of urea groups is 1. The molecule has 0 atom stereocenters. The first kappa shape index (κ1) is 22.8. The molecule has 1 saturated heterocycles. The molecule has 1 heterocycles. The van der Waals surface area contributed by atoms with Gasteiger partial charge in [-0.25, -0.2) is 13.2 Å². The highest BCUT2D eigenvalue weighted by Crippen LogP contribution is 2.25. The Morgan fingerprint density at radius 3 is 2.28 bits per heavy atom. The average molecular weight is 425 g/mol. The highest BCUT2D eigenvalue weighted by molar-refractivity contribution is 7.89. The average Bonchev–Trinajstić information content (AvgIpc) is 2.93. The van der Waals surface area contributed by atoms with E-state index in [-0.39, 0.29) is 10.6 Å². The van der Waals surface area contributed by atoms with Crippen molar-refractivity contribution in [1.82, 2.24) is 14.5 Å². The maximum absolute atomic E-state index is 12.6. The van der Waals surface area contributed by atoms with Crippen LogP contribution in [0.15, 0.2) is 29.2 Å². The molecule has 1 aliphatic heterocycles. The van der Waals surface area contributed by atoms with Gasteiger partial charge >= 0.3 is 6.03 Å². The fourth-order valence-corrected chi connectivity index (χ4v) is 4.84. The number of carbonyl (C=O) groups is 3. The summed E-state index contributed by atoms with van der Waals surface area (Å²) in [5.74, 6) is -1.02. The van der Waals surface area contributed by atoms with E-state index >= 15 is 0 Å². The molecule has 1 aromatic rings. The van der Waals surface area contributed by atoms with Gasteiger partial charge in [-0.15, -0.1) is 0 Å². The fraction of sp³-hybridized carbons (Fsp3) is 0.526. The van der Waals surface area contributed by atoms with Crippen LogP contribution in [0.4, 0.5) is 10.5 Å². The predicted octanol–water partition coefficient (Wildman–Crippen LogP) is 1.77. The van der Waals surface area contributed by atoms with Gasteiger partial charge in [-0.3, -0.25) is 14.5 Å². The van der Waals surface area contributed by atoms with Crippen LogP contribution < -0.4 is 10.6 Å². The van der Waals surface area contributed by atoms with Crippen LogP contribution in [-0.4, -0.2) is 60.6 Å². The second-order valence-electron chi connectivity index (χ2n) is 6.78. The molecule has 1 fully saturated rings. The Labute approximate surface area is 171 Å². The number of sulfonamides is 1. The lowest BCUT2D eigenvalue weighted by atomic mass is 9.93. The molecule has 0 saturated carbocycles. The molecule has 160 valence electrons. The molecule has 0 aromatic heterocycles. The monoisotopic (exact) mass is 424 g/mol. The first-order chi connectivity index (χ1) is 13.6. The van der Waals surface area contributed by atoms with Crippen LogP contribution in [0.5, 0.6) is 0 Å². The molecule has 0 spiro atoms. The van der Waals surface area contributed by atoms with Gasteiger partial charge in [0.1, 0.15) is 12.1 Å². The van der Waals surface area contributed by atoms with E-state index in [9.17, 15) is 22.8 Å². The lowest BCUT2D eigenvalue weighted by Crippen LogP contribution is -2.46. The Hall–Kier alpha value is -2.46. The summed E-state index contributed by atoms with van der Waals surface area (Å²) in [4.78, 5) is 38.1. The first-order valence-corrected chi connectivity index (χ1v) is 11.1. The lowest BCUT2D eigenvalue weighted by Gasteiger charge is -2.23. The molecule has 4 amide bonds. The zero-order valence-electron chi connectivity index (χ0n) is 17.2. The van der Waals surface area contributed by atoms with Crippen molar-refractivity contribution in [1.29, 1.82) is 0 Å². The molecule has 2 N–H and O–H groups in total. The Morgan fingerprint density at radius 2 is 1.76 bits per heavy atom. The number of rotatable bonds is 9. The standard InChI is InChI=1S/C19H28N4O5S/c1-5-19(6-2)17(25)23(18(26)21-19)13-16(24)20-14-10-9-11-15(12-14)29(27,28)22(7-3)8-4/h9-12H,5-8,13H2,1-4H3,(H,20,24)(H,21,26). The minimum atomic E-state index is -3.67. The van der Waals surface area contributed by atoms with E-state index in [0.717, 1.165) is 4.90 Å². The van der Waals surface area contributed by atoms with Crippen LogP contribution in [0.2, 0.25) is 0 Å². The smallest absolute Gasteiger partial charge is 0.324 e. The van der Waals surface area contributed by atoms with Crippen molar-refractivity contribution in [3.05, 3.63) is 24.3 Å². The van der Waals surface area contributed by atoms with E-state index in [0.29, 0.717) is 25.9 Å². The summed E-state index contributed by atoms with van der Waals surface area (Å²) >= 11 is 0. The number of nitrogens with zero attached hydrogens (tertiary/aromatic N) is 2. The van der Waals surface area contributed by atoms with Gasteiger partial charge in [-0.05, 0) is 31.0 Å². The highest BCUT2D eigenvalue weighted by Gasteiger charge is 2.49. The number of nitrogens with one attached hydrogen (secondary N) is 2. The van der Waals surface area contributed by atoms with Crippen molar-refractivity contribution < 1.29 is 22.8 Å². The van der Waals surface area contributed by atoms with Gasteiger partial charge in [0, 0.05) is 18.8 Å². The van der Waals surface area contributed by atoms with Crippen LogP contribution in [0.1, 0.15) is 40.5 Å². The first-order valence-electron chi connectivity index (χ1n) is 9.69. The van der Waals surface area contributed by atoms with Crippen molar-refractivity contribution in [2.24, 2.45) is 0 Å². The summed E-state index contributed by atoms with van der Waals surface area (Å²) in [7, 11) is -3.67. The molecule has 0 bridgehead atoms.